The monoisotopic (exact) mass is 298 g/mol. The van der Waals surface area contributed by atoms with Crippen molar-refractivity contribution in [2.75, 3.05) is 33.4 Å². The van der Waals surface area contributed by atoms with E-state index in [9.17, 15) is 13.6 Å². The van der Waals surface area contributed by atoms with Crippen molar-refractivity contribution >= 4 is 5.91 Å². The molecule has 1 aliphatic rings. The van der Waals surface area contributed by atoms with E-state index in [4.69, 9.17) is 4.74 Å². The third-order valence-electron chi connectivity index (χ3n) is 3.92. The van der Waals surface area contributed by atoms with E-state index in [0.29, 0.717) is 13.2 Å². The first kappa shape index (κ1) is 15.9. The number of hydrogen-bond donors (Lipinski definition) is 2. The van der Waals surface area contributed by atoms with Crippen LogP contribution in [0.3, 0.4) is 0 Å². The molecule has 0 unspecified atom stereocenters. The molecule has 0 atom stereocenters. The highest BCUT2D eigenvalue weighted by atomic mass is 19.2. The predicted octanol–water partition coefficient (Wildman–Crippen LogP) is 1.71. The number of piperidine rings is 1. The summed E-state index contributed by atoms with van der Waals surface area (Å²) in [6.07, 6.45) is 1.80. The van der Waals surface area contributed by atoms with Gasteiger partial charge in [-0.25, -0.2) is 8.78 Å². The Balaban J connectivity index is 1.99. The number of hydrogen-bond acceptors (Lipinski definition) is 3. The number of nitrogens with one attached hydrogen (secondary N) is 2. The predicted molar refractivity (Wildman–Crippen MR) is 75.1 cm³/mol. The maximum atomic E-state index is 13.1. The van der Waals surface area contributed by atoms with Crippen LogP contribution in [-0.4, -0.2) is 39.3 Å². The van der Waals surface area contributed by atoms with Crippen LogP contribution in [0.25, 0.3) is 0 Å². The molecule has 4 nitrogen and oxygen atoms in total. The molecule has 1 fully saturated rings. The Labute approximate surface area is 122 Å². The van der Waals surface area contributed by atoms with Gasteiger partial charge < -0.3 is 15.4 Å². The molecule has 116 valence electrons. The second kappa shape index (κ2) is 6.95. The Morgan fingerprint density at radius 1 is 1.33 bits per heavy atom. The number of methoxy groups -OCH3 is 1. The fourth-order valence-electron chi connectivity index (χ4n) is 2.64. The Morgan fingerprint density at radius 2 is 2.05 bits per heavy atom. The zero-order valence-electron chi connectivity index (χ0n) is 12.0. The standard InChI is InChI=1S/C15H20F2N2O2/c1-21-10-15(4-6-18-7-5-15)9-19-14(20)11-2-3-12(16)13(17)8-11/h2-3,8,18H,4-7,9-10H2,1H3,(H,19,20). The summed E-state index contributed by atoms with van der Waals surface area (Å²) >= 11 is 0. The summed E-state index contributed by atoms with van der Waals surface area (Å²) in [5, 5.41) is 6.08. The molecule has 21 heavy (non-hydrogen) atoms. The number of rotatable bonds is 5. The van der Waals surface area contributed by atoms with Gasteiger partial charge in [-0.2, -0.15) is 0 Å². The van der Waals surface area contributed by atoms with Gasteiger partial charge in [-0.1, -0.05) is 0 Å². The number of carbonyl (C=O) groups excluding carboxylic acids is 1. The SMILES string of the molecule is COCC1(CNC(=O)c2ccc(F)c(F)c2)CCNCC1. The van der Waals surface area contributed by atoms with E-state index in [-0.39, 0.29) is 11.0 Å². The molecule has 0 radical (unpaired) electrons. The van der Waals surface area contributed by atoms with E-state index >= 15 is 0 Å². The van der Waals surface area contributed by atoms with Crippen LogP contribution in [0, 0.1) is 17.0 Å². The van der Waals surface area contributed by atoms with Crippen molar-refractivity contribution in [2.45, 2.75) is 12.8 Å². The highest BCUT2D eigenvalue weighted by molar-refractivity contribution is 5.94. The van der Waals surface area contributed by atoms with Crippen LogP contribution in [0.5, 0.6) is 0 Å². The fraction of sp³-hybridized carbons (Fsp3) is 0.533. The lowest BCUT2D eigenvalue weighted by molar-refractivity contribution is 0.0511. The molecule has 0 spiro atoms. The highest BCUT2D eigenvalue weighted by Crippen LogP contribution is 2.28. The van der Waals surface area contributed by atoms with Crippen LogP contribution in [0.15, 0.2) is 18.2 Å². The largest absolute Gasteiger partial charge is 0.384 e. The smallest absolute Gasteiger partial charge is 0.251 e. The molecule has 0 aromatic heterocycles. The van der Waals surface area contributed by atoms with Crippen molar-refractivity contribution in [1.82, 2.24) is 10.6 Å². The minimum Gasteiger partial charge on any atom is -0.384 e. The van der Waals surface area contributed by atoms with E-state index in [1.807, 2.05) is 0 Å². The first-order valence-corrected chi connectivity index (χ1v) is 6.99. The quantitative estimate of drug-likeness (QED) is 0.870. The average molecular weight is 298 g/mol. The van der Waals surface area contributed by atoms with Crippen molar-refractivity contribution in [3.05, 3.63) is 35.4 Å². The Hall–Kier alpha value is -1.53. The lowest BCUT2D eigenvalue weighted by atomic mass is 9.79. The van der Waals surface area contributed by atoms with Crippen LogP contribution in [0.2, 0.25) is 0 Å². The summed E-state index contributed by atoms with van der Waals surface area (Å²) in [4.78, 5) is 12.0. The molecule has 2 rings (SSSR count). The van der Waals surface area contributed by atoms with Crippen molar-refractivity contribution in [3.63, 3.8) is 0 Å². The van der Waals surface area contributed by atoms with Gasteiger partial charge in [0.15, 0.2) is 11.6 Å². The number of ether oxygens (including phenoxy) is 1. The summed E-state index contributed by atoms with van der Waals surface area (Å²) in [6.45, 7) is 2.78. The third kappa shape index (κ3) is 3.98. The molecule has 1 heterocycles. The summed E-state index contributed by atoms with van der Waals surface area (Å²) < 4.78 is 31.3. The molecule has 1 aromatic carbocycles. The maximum Gasteiger partial charge on any atom is 0.251 e. The molecule has 6 heteroatoms. The second-order valence-electron chi connectivity index (χ2n) is 5.49. The number of halogens is 2. The first-order chi connectivity index (χ1) is 10.1. The van der Waals surface area contributed by atoms with Gasteiger partial charge in [-0.3, -0.25) is 4.79 Å². The lowest BCUT2D eigenvalue weighted by Crippen LogP contribution is -2.47. The van der Waals surface area contributed by atoms with Gasteiger partial charge in [0.2, 0.25) is 0 Å². The minimum absolute atomic E-state index is 0.103. The van der Waals surface area contributed by atoms with Gasteiger partial charge in [0, 0.05) is 24.6 Å². The van der Waals surface area contributed by atoms with Crippen LogP contribution >= 0.6 is 0 Å². The molecule has 1 aromatic rings. The normalized spacial score (nSPS) is 17.5. The number of amides is 1. The van der Waals surface area contributed by atoms with E-state index < -0.39 is 17.5 Å². The van der Waals surface area contributed by atoms with E-state index in [1.54, 1.807) is 7.11 Å². The Bertz CT molecular complexity index is 497. The van der Waals surface area contributed by atoms with Gasteiger partial charge in [-0.15, -0.1) is 0 Å². The summed E-state index contributed by atoms with van der Waals surface area (Å²) in [5.41, 5.74) is 0.0178. The highest BCUT2D eigenvalue weighted by Gasteiger charge is 2.32. The zero-order chi connectivity index (χ0) is 15.3. The molecular formula is C15H20F2N2O2. The van der Waals surface area contributed by atoms with Gasteiger partial charge >= 0.3 is 0 Å². The maximum absolute atomic E-state index is 13.1. The molecule has 0 saturated carbocycles. The number of carbonyl (C=O) groups is 1. The van der Waals surface area contributed by atoms with Crippen LogP contribution in [-0.2, 0) is 4.74 Å². The summed E-state index contributed by atoms with van der Waals surface area (Å²) in [5.74, 6) is -2.38. The van der Waals surface area contributed by atoms with Gasteiger partial charge in [0.25, 0.3) is 5.91 Å². The first-order valence-electron chi connectivity index (χ1n) is 6.99. The molecule has 2 N–H and O–H groups in total. The summed E-state index contributed by atoms with van der Waals surface area (Å²) in [6, 6.07) is 3.15. The molecule has 0 bridgehead atoms. The van der Waals surface area contributed by atoms with Crippen molar-refractivity contribution in [3.8, 4) is 0 Å². The lowest BCUT2D eigenvalue weighted by Gasteiger charge is -2.37. The van der Waals surface area contributed by atoms with Crippen molar-refractivity contribution in [1.29, 1.82) is 0 Å². The van der Waals surface area contributed by atoms with E-state index in [0.717, 1.165) is 38.1 Å². The third-order valence-corrected chi connectivity index (χ3v) is 3.92. The minimum atomic E-state index is -1.02. The van der Waals surface area contributed by atoms with Crippen LogP contribution in [0.4, 0.5) is 8.78 Å². The van der Waals surface area contributed by atoms with E-state index in [2.05, 4.69) is 10.6 Å². The molecule has 0 aliphatic carbocycles. The van der Waals surface area contributed by atoms with Gasteiger partial charge in [-0.05, 0) is 44.1 Å². The van der Waals surface area contributed by atoms with E-state index in [1.165, 1.54) is 6.07 Å². The second-order valence-corrected chi connectivity index (χ2v) is 5.49. The van der Waals surface area contributed by atoms with Gasteiger partial charge in [0.1, 0.15) is 0 Å². The van der Waals surface area contributed by atoms with Crippen molar-refractivity contribution < 1.29 is 18.3 Å². The summed E-state index contributed by atoms with van der Waals surface area (Å²) in [7, 11) is 1.64. The van der Waals surface area contributed by atoms with Gasteiger partial charge in [0.05, 0.1) is 6.61 Å². The fourth-order valence-corrected chi connectivity index (χ4v) is 2.64. The molecule has 1 saturated heterocycles. The Morgan fingerprint density at radius 3 is 2.67 bits per heavy atom. The average Bonchev–Trinajstić information content (AvgIpc) is 2.49. The Kier molecular flexibility index (Phi) is 5.25. The van der Waals surface area contributed by atoms with Crippen molar-refractivity contribution in [2.24, 2.45) is 5.41 Å². The zero-order valence-corrected chi connectivity index (χ0v) is 12.0. The van der Waals surface area contributed by atoms with Crippen LogP contribution in [0.1, 0.15) is 23.2 Å². The molecule has 1 amide bonds. The molecular weight excluding hydrogens is 278 g/mol. The number of benzene rings is 1. The van der Waals surface area contributed by atoms with Crippen LogP contribution < -0.4 is 10.6 Å². The molecule has 1 aliphatic heterocycles. The topological polar surface area (TPSA) is 50.4 Å².